The number of carbonyl (C=O) groups is 1. The second-order valence-corrected chi connectivity index (χ2v) is 7.62. The lowest BCUT2D eigenvalue weighted by Crippen LogP contribution is -2.12. The highest BCUT2D eigenvalue weighted by molar-refractivity contribution is 7.92. The molecular weight excluding hydrogens is 378 g/mol. The summed E-state index contributed by atoms with van der Waals surface area (Å²) in [6.45, 7) is 0. The van der Waals surface area contributed by atoms with Gasteiger partial charge in [-0.3, -0.25) is 9.52 Å². The van der Waals surface area contributed by atoms with Gasteiger partial charge < -0.3 is 10.2 Å². The van der Waals surface area contributed by atoms with E-state index < -0.39 is 10.0 Å². The summed E-state index contributed by atoms with van der Waals surface area (Å²) in [6.07, 6.45) is 2.84. The van der Waals surface area contributed by atoms with E-state index in [0.717, 1.165) is 6.07 Å². The Morgan fingerprint density at radius 2 is 1.61 bits per heavy atom. The Kier molecular flexibility index (Phi) is 5.47. The molecule has 0 saturated carbocycles. The largest absolute Gasteiger partial charge is 0.508 e. The molecule has 0 aromatic heterocycles. The first kappa shape index (κ1) is 19.2. The fourth-order valence-electron chi connectivity index (χ4n) is 2.46. The molecule has 0 unspecified atom stereocenters. The highest BCUT2D eigenvalue weighted by Gasteiger charge is 2.15. The number of rotatable bonds is 6. The number of carbonyl (C=O) groups excluding carboxylic acids is 1. The van der Waals surface area contributed by atoms with Gasteiger partial charge in [0.2, 0.25) is 0 Å². The smallest absolute Gasteiger partial charge is 0.262 e. The SMILES string of the molecule is O=C(/C=C/c1ccccc1O)c1ccc(NS(=O)(=O)c2cccc(O)c2)cc1. The number of nitrogens with one attached hydrogen (secondary N) is 1. The van der Waals surface area contributed by atoms with Crippen LogP contribution in [-0.4, -0.2) is 24.4 Å². The maximum Gasteiger partial charge on any atom is 0.262 e. The molecule has 0 aliphatic rings. The first-order chi connectivity index (χ1) is 13.3. The number of hydrogen-bond donors (Lipinski definition) is 3. The van der Waals surface area contributed by atoms with Crippen molar-refractivity contribution in [3.63, 3.8) is 0 Å². The average Bonchev–Trinajstić information content (AvgIpc) is 2.67. The van der Waals surface area contributed by atoms with E-state index in [1.54, 1.807) is 18.2 Å². The number of aromatic hydroxyl groups is 2. The van der Waals surface area contributed by atoms with E-state index >= 15 is 0 Å². The van der Waals surface area contributed by atoms with E-state index in [-0.39, 0.29) is 27.9 Å². The number of phenolic OH excluding ortho intramolecular Hbond substituents is 2. The molecule has 0 aliphatic carbocycles. The van der Waals surface area contributed by atoms with Crippen LogP contribution in [0.4, 0.5) is 5.69 Å². The molecule has 3 aromatic carbocycles. The van der Waals surface area contributed by atoms with E-state index in [9.17, 15) is 23.4 Å². The molecule has 3 N–H and O–H groups in total. The molecule has 0 atom stereocenters. The lowest BCUT2D eigenvalue weighted by atomic mass is 10.1. The van der Waals surface area contributed by atoms with Crippen molar-refractivity contribution in [2.24, 2.45) is 0 Å². The molecule has 7 heteroatoms. The van der Waals surface area contributed by atoms with Gasteiger partial charge in [-0.2, -0.15) is 0 Å². The average molecular weight is 395 g/mol. The number of allylic oxidation sites excluding steroid dienone is 1. The number of hydrogen-bond acceptors (Lipinski definition) is 5. The Balaban J connectivity index is 1.73. The van der Waals surface area contributed by atoms with Crippen molar-refractivity contribution in [1.82, 2.24) is 0 Å². The third-order valence-corrected chi connectivity index (χ3v) is 5.28. The first-order valence-electron chi connectivity index (χ1n) is 8.27. The molecule has 0 saturated heterocycles. The van der Waals surface area contributed by atoms with Crippen molar-refractivity contribution in [2.45, 2.75) is 4.90 Å². The highest BCUT2D eigenvalue weighted by atomic mass is 32.2. The topological polar surface area (TPSA) is 104 Å². The predicted molar refractivity (Wildman–Crippen MR) is 107 cm³/mol. The van der Waals surface area contributed by atoms with E-state index in [4.69, 9.17) is 0 Å². The fraction of sp³-hybridized carbons (Fsp3) is 0. The maximum atomic E-state index is 12.3. The van der Waals surface area contributed by atoms with Crippen LogP contribution >= 0.6 is 0 Å². The second-order valence-electron chi connectivity index (χ2n) is 5.94. The van der Waals surface area contributed by atoms with Crippen LogP contribution < -0.4 is 4.72 Å². The minimum Gasteiger partial charge on any atom is -0.508 e. The Morgan fingerprint density at radius 3 is 2.29 bits per heavy atom. The number of phenols is 2. The van der Waals surface area contributed by atoms with Crippen LogP contribution in [0.1, 0.15) is 15.9 Å². The van der Waals surface area contributed by atoms with Gasteiger partial charge in [0.15, 0.2) is 5.78 Å². The molecule has 0 heterocycles. The van der Waals surface area contributed by atoms with Crippen LogP contribution in [0.15, 0.2) is 83.8 Å². The molecule has 0 amide bonds. The monoisotopic (exact) mass is 395 g/mol. The minimum atomic E-state index is -3.86. The van der Waals surface area contributed by atoms with Gasteiger partial charge in [0.25, 0.3) is 10.0 Å². The molecule has 0 spiro atoms. The zero-order chi connectivity index (χ0) is 20.1. The molecule has 28 heavy (non-hydrogen) atoms. The number of sulfonamides is 1. The molecule has 142 valence electrons. The summed E-state index contributed by atoms with van der Waals surface area (Å²) < 4.78 is 27.1. The van der Waals surface area contributed by atoms with E-state index in [1.807, 2.05) is 0 Å². The summed E-state index contributed by atoms with van der Waals surface area (Å²) in [4.78, 5) is 12.2. The van der Waals surface area contributed by atoms with Crippen LogP contribution in [-0.2, 0) is 10.0 Å². The molecule has 0 bridgehead atoms. The van der Waals surface area contributed by atoms with Gasteiger partial charge >= 0.3 is 0 Å². The van der Waals surface area contributed by atoms with Crippen molar-refractivity contribution in [3.05, 3.63) is 90.0 Å². The summed E-state index contributed by atoms with van der Waals surface area (Å²) in [6, 6.07) is 17.9. The quantitative estimate of drug-likeness (QED) is 0.435. The van der Waals surface area contributed by atoms with Crippen LogP contribution in [0.3, 0.4) is 0 Å². The zero-order valence-electron chi connectivity index (χ0n) is 14.6. The number of para-hydroxylation sites is 1. The Bertz CT molecular complexity index is 1140. The normalized spacial score (nSPS) is 11.4. The minimum absolute atomic E-state index is 0.0711. The third-order valence-electron chi connectivity index (χ3n) is 3.90. The Morgan fingerprint density at radius 1 is 0.893 bits per heavy atom. The van der Waals surface area contributed by atoms with Crippen molar-refractivity contribution in [2.75, 3.05) is 4.72 Å². The van der Waals surface area contributed by atoms with Crippen molar-refractivity contribution in [3.8, 4) is 11.5 Å². The van der Waals surface area contributed by atoms with Crippen LogP contribution in [0.5, 0.6) is 11.5 Å². The number of anilines is 1. The van der Waals surface area contributed by atoms with Crippen LogP contribution in [0.25, 0.3) is 6.08 Å². The molecule has 0 fully saturated rings. The van der Waals surface area contributed by atoms with Crippen molar-refractivity contribution >= 4 is 27.6 Å². The summed E-state index contributed by atoms with van der Waals surface area (Å²) in [5, 5.41) is 19.1. The van der Waals surface area contributed by atoms with Gasteiger partial charge in [0.1, 0.15) is 11.5 Å². The summed E-state index contributed by atoms with van der Waals surface area (Å²) in [7, 11) is -3.86. The van der Waals surface area contributed by atoms with Gasteiger partial charge in [0.05, 0.1) is 4.90 Å². The Hall–Kier alpha value is -3.58. The summed E-state index contributed by atoms with van der Waals surface area (Å²) >= 11 is 0. The van der Waals surface area contributed by atoms with Crippen molar-refractivity contribution < 1.29 is 23.4 Å². The molecule has 0 aliphatic heterocycles. The van der Waals surface area contributed by atoms with Gasteiger partial charge in [-0.05, 0) is 54.6 Å². The zero-order valence-corrected chi connectivity index (χ0v) is 15.4. The van der Waals surface area contributed by atoms with E-state index in [1.165, 1.54) is 60.7 Å². The lowest BCUT2D eigenvalue weighted by Gasteiger charge is -2.08. The maximum absolute atomic E-state index is 12.3. The summed E-state index contributed by atoms with van der Waals surface area (Å²) in [5.41, 5.74) is 1.17. The standard InChI is InChI=1S/C21H17NO5S/c23-18-5-3-6-19(14-18)28(26,27)22-17-11-8-16(9-12-17)21(25)13-10-15-4-1-2-7-20(15)24/h1-14,22-24H/b13-10+. The number of ketones is 1. The Labute approximate surface area is 162 Å². The first-order valence-corrected chi connectivity index (χ1v) is 9.76. The molecule has 3 rings (SSSR count). The molecular formula is C21H17NO5S. The number of benzene rings is 3. The fourth-order valence-corrected chi connectivity index (χ4v) is 3.56. The molecule has 6 nitrogen and oxygen atoms in total. The summed E-state index contributed by atoms with van der Waals surface area (Å²) in [5.74, 6) is -0.367. The van der Waals surface area contributed by atoms with E-state index in [2.05, 4.69) is 4.72 Å². The van der Waals surface area contributed by atoms with Gasteiger partial charge in [-0.1, -0.05) is 24.3 Å². The van der Waals surface area contributed by atoms with Gasteiger partial charge in [0, 0.05) is 22.9 Å². The van der Waals surface area contributed by atoms with Crippen molar-refractivity contribution in [1.29, 1.82) is 0 Å². The second kappa shape index (κ2) is 7.98. The van der Waals surface area contributed by atoms with Crippen LogP contribution in [0, 0.1) is 0 Å². The highest BCUT2D eigenvalue weighted by Crippen LogP contribution is 2.21. The van der Waals surface area contributed by atoms with Crippen LogP contribution in [0.2, 0.25) is 0 Å². The molecule has 3 aromatic rings. The predicted octanol–water partition coefficient (Wildman–Crippen LogP) is 3.79. The van der Waals surface area contributed by atoms with Gasteiger partial charge in [-0.25, -0.2) is 8.42 Å². The lowest BCUT2D eigenvalue weighted by molar-refractivity contribution is 0.104. The van der Waals surface area contributed by atoms with Gasteiger partial charge in [-0.15, -0.1) is 0 Å². The molecule has 0 radical (unpaired) electrons. The van der Waals surface area contributed by atoms with E-state index in [0.29, 0.717) is 11.1 Å². The third kappa shape index (κ3) is 4.57.